The highest BCUT2D eigenvalue weighted by atomic mass is 16.5. The molecule has 0 atom stereocenters. The Labute approximate surface area is 89.0 Å². The van der Waals surface area contributed by atoms with Crippen molar-refractivity contribution in [3.63, 3.8) is 0 Å². The van der Waals surface area contributed by atoms with Gasteiger partial charge in [-0.15, -0.1) is 0 Å². The monoisotopic (exact) mass is 202 g/mol. The smallest absolute Gasteiger partial charge is 0.137 e. The molecule has 0 saturated carbocycles. The predicted octanol–water partition coefficient (Wildman–Crippen LogP) is 2.38. The summed E-state index contributed by atoms with van der Waals surface area (Å²) in [5, 5.41) is 0. The van der Waals surface area contributed by atoms with E-state index in [0.717, 1.165) is 24.4 Å². The Bertz CT molecular complexity index is 459. The molecule has 3 nitrogen and oxygen atoms in total. The molecule has 78 valence electrons. The minimum absolute atomic E-state index is 0.757. The fourth-order valence-corrected chi connectivity index (χ4v) is 1.47. The average molecular weight is 202 g/mol. The van der Waals surface area contributed by atoms with Crippen LogP contribution >= 0.6 is 0 Å². The molecular formula is C12H14N2O. The molecule has 0 spiro atoms. The number of hydrogen-bond acceptors (Lipinski definition) is 2. The van der Waals surface area contributed by atoms with Gasteiger partial charge in [-0.3, -0.25) is 0 Å². The zero-order valence-corrected chi connectivity index (χ0v) is 8.76. The fraction of sp³-hybridized carbons (Fsp3) is 0.250. The van der Waals surface area contributed by atoms with E-state index in [0.29, 0.717) is 0 Å². The Balaban J connectivity index is 2.17. The van der Waals surface area contributed by atoms with E-state index in [-0.39, 0.29) is 0 Å². The summed E-state index contributed by atoms with van der Waals surface area (Å²) in [5.74, 6) is 0. The lowest BCUT2D eigenvalue weighted by molar-refractivity contribution is 0.204. The largest absolute Gasteiger partial charge is 0.384 e. The first kappa shape index (κ1) is 9.93. The molecule has 15 heavy (non-hydrogen) atoms. The number of hydrogen-bond donors (Lipinski definition) is 0. The van der Waals surface area contributed by atoms with Crippen molar-refractivity contribution >= 4 is 11.7 Å². The minimum atomic E-state index is 0.757. The van der Waals surface area contributed by atoms with E-state index in [1.807, 2.05) is 30.6 Å². The van der Waals surface area contributed by atoms with E-state index in [2.05, 4.69) is 21.5 Å². The Hall–Kier alpha value is -1.61. The molecule has 0 saturated heterocycles. The maximum atomic E-state index is 4.98. The molecule has 0 unspecified atom stereocenters. The van der Waals surface area contributed by atoms with Crippen molar-refractivity contribution in [3.8, 4) is 0 Å². The highest BCUT2D eigenvalue weighted by molar-refractivity contribution is 5.52. The van der Waals surface area contributed by atoms with Crippen molar-refractivity contribution in [3.05, 3.63) is 42.4 Å². The van der Waals surface area contributed by atoms with Crippen LogP contribution < -0.4 is 0 Å². The zero-order chi connectivity index (χ0) is 10.5. The van der Waals surface area contributed by atoms with E-state index in [1.54, 1.807) is 7.11 Å². The van der Waals surface area contributed by atoms with Crippen LogP contribution in [0, 0.1) is 0 Å². The second kappa shape index (κ2) is 4.75. The lowest BCUT2D eigenvalue weighted by Crippen LogP contribution is -1.86. The number of imidazole rings is 1. The van der Waals surface area contributed by atoms with E-state index in [9.17, 15) is 0 Å². The van der Waals surface area contributed by atoms with Crippen LogP contribution in [0.25, 0.3) is 11.7 Å². The molecular weight excluding hydrogens is 188 g/mol. The molecule has 2 rings (SSSR count). The summed E-state index contributed by atoms with van der Waals surface area (Å²) in [6, 6.07) is 5.98. The van der Waals surface area contributed by atoms with Crippen LogP contribution in [0.2, 0.25) is 0 Å². The summed E-state index contributed by atoms with van der Waals surface area (Å²) in [4.78, 5) is 4.30. The summed E-state index contributed by atoms with van der Waals surface area (Å²) in [7, 11) is 1.71. The van der Waals surface area contributed by atoms with Crippen molar-refractivity contribution in [1.82, 2.24) is 9.38 Å². The molecule has 0 aliphatic rings. The SMILES string of the molecule is COCC/C=C/c1cnc2ccccn12. The fourth-order valence-electron chi connectivity index (χ4n) is 1.47. The number of ether oxygens (including phenoxy) is 1. The summed E-state index contributed by atoms with van der Waals surface area (Å²) in [6.07, 6.45) is 8.98. The van der Waals surface area contributed by atoms with E-state index < -0.39 is 0 Å². The molecule has 0 aromatic carbocycles. The normalized spacial score (nSPS) is 11.5. The van der Waals surface area contributed by atoms with Gasteiger partial charge < -0.3 is 9.14 Å². The van der Waals surface area contributed by atoms with Gasteiger partial charge >= 0.3 is 0 Å². The third kappa shape index (κ3) is 2.25. The van der Waals surface area contributed by atoms with Gasteiger partial charge in [0.2, 0.25) is 0 Å². The van der Waals surface area contributed by atoms with Crippen molar-refractivity contribution < 1.29 is 4.74 Å². The molecule has 0 aliphatic heterocycles. The number of aromatic nitrogens is 2. The second-order valence-corrected chi connectivity index (χ2v) is 3.30. The highest BCUT2D eigenvalue weighted by Crippen LogP contribution is 2.07. The number of rotatable bonds is 4. The standard InChI is InChI=1S/C12H14N2O/c1-15-9-5-3-6-11-10-13-12-7-2-4-8-14(11)12/h2-4,6-8,10H,5,9H2,1H3/b6-3+. The van der Waals surface area contributed by atoms with Gasteiger partial charge in [0.05, 0.1) is 11.9 Å². The third-order valence-corrected chi connectivity index (χ3v) is 2.22. The van der Waals surface area contributed by atoms with Gasteiger partial charge in [0.1, 0.15) is 5.65 Å². The zero-order valence-electron chi connectivity index (χ0n) is 8.76. The molecule has 2 aromatic heterocycles. The van der Waals surface area contributed by atoms with Gasteiger partial charge in [-0.25, -0.2) is 4.98 Å². The van der Waals surface area contributed by atoms with Crippen LogP contribution in [-0.2, 0) is 4.74 Å². The summed E-state index contributed by atoms with van der Waals surface area (Å²) in [6.45, 7) is 0.757. The maximum absolute atomic E-state index is 4.98. The van der Waals surface area contributed by atoms with Gasteiger partial charge in [0.15, 0.2) is 0 Å². The van der Waals surface area contributed by atoms with Gasteiger partial charge in [-0.1, -0.05) is 12.1 Å². The van der Waals surface area contributed by atoms with Crippen molar-refractivity contribution in [1.29, 1.82) is 0 Å². The van der Waals surface area contributed by atoms with Crippen LogP contribution in [0.5, 0.6) is 0 Å². The van der Waals surface area contributed by atoms with Gasteiger partial charge in [-0.2, -0.15) is 0 Å². The molecule has 0 aliphatic carbocycles. The van der Waals surface area contributed by atoms with Crippen LogP contribution in [0.15, 0.2) is 36.7 Å². The van der Waals surface area contributed by atoms with Crippen LogP contribution in [0.4, 0.5) is 0 Å². The van der Waals surface area contributed by atoms with E-state index in [4.69, 9.17) is 4.74 Å². The van der Waals surface area contributed by atoms with Crippen LogP contribution in [0.3, 0.4) is 0 Å². The van der Waals surface area contributed by atoms with Crippen molar-refractivity contribution in [2.45, 2.75) is 6.42 Å². The topological polar surface area (TPSA) is 26.5 Å². The Morgan fingerprint density at radius 1 is 1.47 bits per heavy atom. The molecule has 0 N–H and O–H groups in total. The molecule has 2 aromatic rings. The van der Waals surface area contributed by atoms with Gasteiger partial charge in [0.25, 0.3) is 0 Å². The van der Waals surface area contributed by atoms with Crippen LogP contribution in [0.1, 0.15) is 12.1 Å². The first-order valence-electron chi connectivity index (χ1n) is 4.99. The molecule has 3 heteroatoms. The maximum Gasteiger partial charge on any atom is 0.137 e. The molecule has 2 heterocycles. The third-order valence-electron chi connectivity index (χ3n) is 2.22. The van der Waals surface area contributed by atoms with Gasteiger partial charge in [0, 0.05) is 19.9 Å². The minimum Gasteiger partial charge on any atom is -0.384 e. The molecule has 0 amide bonds. The summed E-state index contributed by atoms with van der Waals surface area (Å²) < 4.78 is 7.03. The average Bonchev–Trinajstić information content (AvgIpc) is 2.68. The van der Waals surface area contributed by atoms with E-state index in [1.165, 1.54) is 0 Å². The van der Waals surface area contributed by atoms with Crippen molar-refractivity contribution in [2.24, 2.45) is 0 Å². The Morgan fingerprint density at radius 2 is 2.40 bits per heavy atom. The molecule has 0 radical (unpaired) electrons. The quantitative estimate of drug-likeness (QED) is 0.712. The lowest BCUT2D eigenvalue weighted by atomic mass is 10.3. The Kier molecular flexibility index (Phi) is 3.15. The number of methoxy groups -OCH3 is 1. The number of pyridine rings is 1. The number of fused-ring (bicyclic) bond motifs is 1. The molecule has 0 bridgehead atoms. The first-order valence-corrected chi connectivity index (χ1v) is 4.99. The van der Waals surface area contributed by atoms with Crippen LogP contribution in [-0.4, -0.2) is 23.1 Å². The predicted molar refractivity (Wildman–Crippen MR) is 60.7 cm³/mol. The van der Waals surface area contributed by atoms with Gasteiger partial charge in [-0.05, 0) is 24.6 Å². The van der Waals surface area contributed by atoms with Crippen molar-refractivity contribution in [2.75, 3.05) is 13.7 Å². The number of nitrogens with zero attached hydrogens (tertiary/aromatic N) is 2. The summed E-state index contributed by atoms with van der Waals surface area (Å²) in [5.41, 5.74) is 2.07. The van der Waals surface area contributed by atoms with E-state index >= 15 is 0 Å². The summed E-state index contributed by atoms with van der Waals surface area (Å²) >= 11 is 0. The Morgan fingerprint density at radius 3 is 3.27 bits per heavy atom. The lowest BCUT2D eigenvalue weighted by Gasteiger charge is -1.95. The molecule has 0 fully saturated rings. The first-order chi connectivity index (χ1) is 7.42. The highest BCUT2D eigenvalue weighted by Gasteiger charge is 1.96. The second-order valence-electron chi connectivity index (χ2n) is 3.30.